The number of alkyl halides is 3. The van der Waals surface area contributed by atoms with Crippen LogP contribution in [0.3, 0.4) is 0 Å². The molecule has 1 saturated heterocycles. The van der Waals surface area contributed by atoms with E-state index in [1.807, 2.05) is 4.90 Å². The maximum Gasteiger partial charge on any atom is 0.422 e. The van der Waals surface area contributed by atoms with Gasteiger partial charge < -0.3 is 20.1 Å². The summed E-state index contributed by atoms with van der Waals surface area (Å²) in [5, 5.41) is 12.5. The highest BCUT2D eigenvalue weighted by molar-refractivity contribution is 7.92. The zero-order valence-electron chi connectivity index (χ0n) is 21.3. The van der Waals surface area contributed by atoms with Crippen LogP contribution in [0.1, 0.15) is 30.5 Å². The number of sulfone groups is 1. The van der Waals surface area contributed by atoms with Crippen LogP contribution in [0.25, 0.3) is 0 Å². The molecule has 2 amide bonds. The molecular formula is C26H30F3N3O6S. The highest BCUT2D eigenvalue weighted by Gasteiger charge is 2.32. The molecule has 2 aliphatic rings. The molecular weight excluding hydrogens is 539 g/mol. The van der Waals surface area contributed by atoms with Gasteiger partial charge in [0.05, 0.1) is 29.1 Å². The lowest BCUT2D eigenvalue weighted by Gasteiger charge is -2.34. The highest BCUT2D eigenvalue weighted by atomic mass is 32.2. The van der Waals surface area contributed by atoms with E-state index in [2.05, 4.69) is 5.32 Å². The van der Waals surface area contributed by atoms with Crippen molar-refractivity contribution in [2.75, 3.05) is 43.9 Å². The molecule has 2 atom stereocenters. The number of fused-ring (bicyclic) bond motifs is 1. The summed E-state index contributed by atoms with van der Waals surface area (Å²) in [6.45, 7) is 1.98. The van der Waals surface area contributed by atoms with Crippen molar-refractivity contribution in [3.63, 3.8) is 0 Å². The third kappa shape index (κ3) is 7.28. The van der Waals surface area contributed by atoms with Crippen LogP contribution >= 0.6 is 0 Å². The quantitative estimate of drug-likeness (QED) is 0.477. The van der Waals surface area contributed by atoms with Crippen molar-refractivity contribution >= 4 is 27.3 Å². The molecule has 212 valence electrons. The summed E-state index contributed by atoms with van der Waals surface area (Å²) in [5.74, 6) is -1.57. The number of ether oxygens (including phenoxy) is 1. The second-order valence-corrected chi connectivity index (χ2v) is 11.6. The van der Waals surface area contributed by atoms with E-state index in [0.717, 1.165) is 0 Å². The Hall–Kier alpha value is -3.16. The number of carbonyl (C=O) groups excluding carboxylic acids is 2. The van der Waals surface area contributed by atoms with Gasteiger partial charge in [0, 0.05) is 26.2 Å². The number of likely N-dealkylation sites (N-methyl/N-ethyl adjacent to an activating group) is 1. The number of rotatable bonds is 9. The molecule has 9 nitrogen and oxygen atoms in total. The normalized spacial score (nSPS) is 19.7. The topological polar surface area (TPSA) is 116 Å². The lowest BCUT2D eigenvalue weighted by Crippen LogP contribution is -2.42. The van der Waals surface area contributed by atoms with Gasteiger partial charge >= 0.3 is 6.18 Å². The Morgan fingerprint density at radius 3 is 2.69 bits per heavy atom. The smallest absolute Gasteiger partial charge is 0.422 e. The fourth-order valence-corrected chi connectivity index (χ4v) is 6.22. The van der Waals surface area contributed by atoms with E-state index in [4.69, 9.17) is 4.74 Å². The van der Waals surface area contributed by atoms with Gasteiger partial charge in [-0.1, -0.05) is 18.2 Å². The third-order valence-corrected chi connectivity index (χ3v) is 8.36. The maximum atomic E-state index is 13.6. The van der Waals surface area contributed by atoms with Crippen LogP contribution in [-0.2, 0) is 25.8 Å². The van der Waals surface area contributed by atoms with E-state index in [-0.39, 0.29) is 35.2 Å². The predicted molar refractivity (Wildman–Crippen MR) is 136 cm³/mol. The van der Waals surface area contributed by atoms with E-state index < -0.39 is 46.4 Å². The molecule has 0 bridgehead atoms. The molecule has 39 heavy (non-hydrogen) atoms. The molecule has 13 heteroatoms. The van der Waals surface area contributed by atoms with Crippen molar-refractivity contribution in [1.29, 1.82) is 0 Å². The summed E-state index contributed by atoms with van der Waals surface area (Å²) in [7, 11) is -3.76. The van der Waals surface area contributed by atoms with Crippen molar-refractivity contribution in [3.8, 4) is 5.75 Å². The standard InChI is InChI=1S/C26H30F3N3O6S/c1-2-32(25(35)11-17-6-7-23-21(10-17)30-24(34)15-39(23,36)37)22(14-31-9-8-19(33)13-31)18-4-3-5-20(12-18)38-16-26(27,28)29/h3-7,10,12,19,22,33H,2,8-9,11,13-16H2,1H3,(H,30,34)/t19-,22+/m0/s1. The number of halogens is 3. The number of nitrogens with zero attached hydrogens (tertiary/aromatic N) is 2. The average molecular weight is 570 g/mol. The van der Waals surface area contributed by atoms with Crippen LogP contribution in [0.15, 0.2) is 47.4 Å². The first-order valence-electron chi connectivity index (χ1n) is 12.5. The first kappa shape index (κ1) is 28.8. The van der Waals surface area contributed by atoms with E-state index >= 15 is 0 Å². The predicted octanol–water partition coefficient (Wildman–Crippen LogP) is 2.55. The Bertz CT molecular complexity index is 1330. The van der Waals surface area contributed by atoms with Gasteiger partial charge in [0.2, 0.25) is 11.8 Å². The maximum absolute atomic E-state index is 13.6. The number of amides is 2. The minimum Gasteiger partial charge on any atom is -0.484 e. The molecule has 2 aromatic rings. The van der Waals surface area contributed by atoms with Gasteiger partial charge in [-0.25, -0.2) is 8.42 Å². The number of aliphatic hydroxyl groups excluding tert-OH is 1. The minimum atomic E-state index is -4.50. The number of nitrogens with one attached hydrogen (secondary N) is 1. The second kappa shape index (κ2) is 11.5. The van der Waals surface area contributed by atoms with Crippen LogP contribution in [0, 0.1) is 0 Å². The molecule has 2 N–H and O–H groups in total. The van der Waals surface area contributed by atoms with Gasteiger partial charge in [0.25, 0.3) is 0 Å². The Morgan fingerprint density at radius 1 is 1.26 bits per heavy atom. The van der Waals surface area contributed by atoms with Gasteiger partial charge in [-0.3, -0.25) is 14.5 Å². The fraction of sp³-hybridized carbons (Fsp3) is 0.462. The van der Waals surface area contributed by atoms with Crippen molar-refractivity contribution in [2.45, 2.75) is 43.0 Å². The van der Waals surface area contributed by atoms with Gasteiger partial charge in [-0.05, 0) is 48.7 Å². The summed E-state index contributed by atoms with van der Waals surface area (Å²) in [4.78, 5) is 29.0. The van der Waals surface area contributed by atoms with Gasteiger partial charge in [0.1, 0.15) is 11.5 Å². The number of β-amino-alcohol motifs (C(OH)–C–C–N with tert-alkyl or cyclic N) is 1. The third-order valence-electron chi connectivity index (χ3n) is 6.69. The molecule has 0 aromatic heterocycles. The molecule has 2 aromatic carbocycles. The van der Waals surface area contributed by atoms with E-state index in [1.54, 1.807) is 24.0 Å². The molecule has 0 spiro atoms. The number of likely N-dealkylation sites (tertiary alicyclic amines) is 1. The Labute approximate surface area is 224 Å². The summed E-state index contributed by atoms with van der Waals surface area (Å²) in [5.41, 5.74) is 1.19. The van der Waals surface area contributed by atoms with Gasteiger partial charge in [0.15, 0.2) is 16.4 Å². The number of carbonyl (C=O) groups is 2. The van der Waals surface area contributed by atoms with Crippen LogP contribution in [0.5, 0.6) is 5.75 Å². The second-order valence-electron chi connectivity index (χ2n) is 9.69. The summed E-state index contributed by atoms with van der Waals surface area (Å²) < 4.78 is 67.7. The van der Waals surface area contributed by atoms with Gasteiger partial charge in [-0.2, -0.15) is 13.2 Å². The number of aliphatic hydroxyl groups is 1. The highest BCUT2D eigenvalue weighted by Crippen LogP contribution is 2.31. The Morgan fingerprint density at radius 2 is 2.03 bits per heavy atom. The lowest BCUT2D eigenvalue weighted by atomic mass is 10.0. The van der Waals surface area contributed by atoms with Crippen molar-refractivity contribution in [2.24, 2.45) is 0 Å². The van der Waals surface area contributed by atoms with Crippen LogP contribution in [0.2, 0.25) is 0 Å². The molecule has 4 rings (SSSR count). The average Bonchev–Trinajstić information content (AvgIpc) is 3.26. The van der Waals surface area contributed by atoms with Crippen LogP contribution in [0.4, 0.5) is 18.9 Å². The van der Waals surface area contributed by atoms with Crippen LogP contribution in [-0.4, -0.2) is 86.0 Å². The summed E-state index contributed by atoms with van der Waals surface area (Å²) in [6.07, 6.45) is -4.52. The molecule has 0 radical (unpaired) electrons. The number of hydrogen-bond acceptors (Lipinski definition) is 7. The SMILES string of the molecule is CCN(C(=O)Cc1ccc2c(c1)NC(=O)CS2(=O)=O)[C@H](CN1CC[C@H](O)C1)c1cccc(OCC(F)(F)F)c1. The number of anilines is 1. The van der Waals surface area contributed by atoms with E-state index in [0.29, 0.717) is 37.2 Å². The van der Waals surface area contributed by atoms with Crippen molar-refractivity contribution in [3.05, 3.63) is 53.6 Å². The van der Waals surface area contributed by atoms with Crippen LogP contribution < -0.4 is 10.1 Å². The van der Waals surface area contributed by atoms with E-state index in [1.165, 1.54) is 30.3 Å². The fourth-order valence-electron chi connectivity index (χ4n) is 4.92. The Balaban J connectivity index is 1.59. The molecule has 2 aliphatic heterocycles. The number of hydrogen-bond donors (Lipinski definition) is 2. The van der Waals surface area contributed by atoms with Gasteiger partial charge in [-0.15, -0.1) is 0 Å². The summed E-state index contributed by atoms with van der Waals surface area (Å²) >= 11 is 0. The molecule has 2 heterocycles. The Kier molecular flexibility index (Phi) is 8.52. The molecule has 0 aliphatic carbocycles. The molecule has 0 unspecified atom stereocenters. The largest absolute Gasteiger partial charge is 0.484 e. The zero-order valence-corrected chi connectivity index (χ0v) is 22.1. The molecule has 0 saturated carbocycles. The van der Waals surface area contributed by atoms with Crippen molar-refractivity contribution < 1.29 is 41.0 Å². The zero-order chi connectivity index (χ0) is 28.4. The first-order chi connectivity index (χ1) is 18.3. The summed E-state index contributed by atoms with van der Waals surface area (Å²) in [6, 6.07) is 9.99. The monoisotopic (exact) mass is 569 g/mol. The lowest BCUT2D eigenvalue weighted by molar-refractivity contribution is -0.153. The first-order valence-corrected chi connectivity index (χ1v) is 14.1. The van der Waals surface area contributed by atoms with Crippen molar-refractivity contribution in [1.82, 2.24) is 9.80 Å². The minimum absolute atomic E-state index is 0.00761. The molecule has 1 fully saturated rings. The van der Waals surface area contributed by atoms with E-state index in [9.17, 15) is 36.3 Å². The number of benzene rings is 2.